The third kappa shape index (κ3) is 2.94. The maximum Gasteiger partial charge on any atom is 0.127 e. The van der Waals surface area contributed by atoms with Crippen LogP contribution in [0.3, 0.4) is 0 Å². The lowest BCUT2D eigenvalue weighted by molar-refractivity contribution is 0.614. The summed E-state index contributed by atoms with van der Waals surface area (Å²) in [6.07, 6.45) is 0. The number of hydrogen-bond acceptors (Lipinski definition) is 1. The van der Waals surface area contributed by atoms with Crippen LogP contribution in [0.5, 0.6) is 0 Å². The van der Waals surface area contributed by atoms with Gasteiger partial charge < -0.3 is 5.32 Å². The summed E-state index contributed by atoms with van der Waals surface area (Å²) in [7, 11) is 1.78. The van der Waals surface area contributed by atoms with Crippen molar-refractivity contribution in [1.82, 2.24) is 5.32 Å². The Kier molecular flexibility index (Phi) is 4.92. The zero-order chi connectivity index (χ0) is 14.9. The molecule has 1 N–H and O–H groups in total. The van der Waals surface area contributed by atoms with Gasteiger partial charge in [0, 0.05) is 20.6 Å². The van der Waals surface area contributed by atoms with Crippen LogP contribution in [-0.4, -0.2) is 7.05 Å². The van der Waals surface area contributed by atoms with Crippen LogP contribution in [0.4, 0.5) is 4.39 Å². The van der Waals surface area contributed by atoms with E-state index in [2.05, 4.69) is 5.32 Å². The van der Waals surface area contributed by atoms with E-state index in [0.717, 1.165) is 11.1 Å². The summed E-state index contributed by atoms with van der Waals surface area (Å²) in [4.78, 5) is 0. The topological polar surface area (TPSA) is 12.0 Å². The van der Waals surface area contributed by atoms with Crippen LogP contribution < -0.4 is 5.32 Å². The van der Waals surface area contributed by atoms with Gasteiger partial charge in [0.15, 0.2) is 0 Å². The lowest BCUT2D eigenvalue weighted by Gasteiger charge is -2.21. The predicted octanol–water partition coefficient (Wildman–Crippen LogP) is 5.40. The molecule has 0 saturated heterocycles. The highest BCUT2D eigenvalue weighted by molar-refractivity contribution is 6.36. The molecule has 0 spiro atoms. The van der Waals surface area contributed by atoms with E-state index in [1.807, 2.05) is 0 Å². The van der Waals surface area contributed by atoms with Crippen molar-refractivity contribution in [3.63, 3.8) is 0 Å². The van der Waals surface area contributed by atoms with Gasteiger partial charge in [-0.2, -0.15) is 0 Å². The standard InChI is InChI=1S/C15H13Cl3FN/c1-8-6-9(12(18)7-13(8)19)15(20-2)14-10(16)4-3-5-11(14)17/h3-7,15,20H,1-2H3. The first-order valence-electron chi connectivity index (χ1n) is 6.02. The van der Waals surface area contributed by atoms with E-state index in [4.69, 9.17) is 34.8 Å². The summed E-state index contributed by atoms with van der Waals surface area (Å²) < 4.78 is 13.5. The second-order valence-corrected chi connectivity index (χ2v) is 5.70. The highest BCUT2D eigenvalue weighted by atomic mass is 35.5. The molecule has 0 fully saturated rings. The molecule has 0 aliphatic heterocycles. The van der Waals surface area contributed by atoms with E-state index in [1.165, 1.54) is 6.07 Å². The zero-order valence-electron chi connectivity index (χ0n) is 11.0. The third-order valence-corrected chi connectivity index (χ3v) is 4.15. The number of nitrogens with one attached hydrogen (secondary N) is 1. The minimum absolute atomic E-state index is 0.303. The monoisotopic (exact) mass is 331 g/mol. The predicted molar refractivity (Wildman–Crippen MR) is 83.5 cm³/mol. The minimum Gasteiger partial charge on any atom is -0.309 e. The lowest BCUT2D eigenvalue weighted by Crippen LogP contribution is -2.19. The van der Waals surface area contributed by atoms with Crippen LogP contribution >= 0.6 is 34.8 Å². The quantitative estimate of drug-likeness (QED) is 0.793. The number of hydrogen-bond donors (Lipinski definition) is 1. The van der Waals surface area contributed by atoms with E-state index in [-0.39, 0.29) is 11.9 Å². The largest absolute Gasteiger partial charge is 0.309 e. The smallest absolute Gasteiger partial charge is 0.127 e. The fraction of sp³-hybridized carbons (Fsp3) is 0.200. The molecule has 0 aliphatic carbocycles. The zero-order valence-corrected chi connectivity index (χ0v) is 13.2. The SMILES string of the molecule is CNC(c1cc(C)c(F)cc1Cl)c1c(Cl)cccc1Cl. The van der Waals surface area contributed by atoms with Crippen molar-refractivity contribution in [1.29, 1.82) is 0 Å². The van der Waals surface area contributed by atoms with E-state index in [1.54, 1.807) is 38.2 Å². The van der Waals surface area contributed by atoms with Gasteiger partial charge in [0.25, 0.3) is 0 Å². The van der Waals surface area contributed by atoms with Crippen LogP contribution in [-0.2, 0) is 0 Å². The number of aryl methyl sites for hydroxylation is 1. The van der Waals surface area contributed by atoms with Crippen molar-refractivity contribution >= 4 is 34.8 Å². The Hall–Kier alpha value is -0.800. The minimum atomic E-state index is -0.334. The molecule has 1 atom stereocenters. The molecule has 0 radical (unpaired) electrons. The summed E-state index contributed by atoms with van der Waals surface area (Å²) in [5.41, 5.74) is 1.99. The molecular weight excluding hydrogens is 320 g/mol. The Bertz CT molecular complexity index is 623. The number of benzene rings is 2. The molecule has 5 heteroatoms. The van der Waals surface area contributed by atoms with Gasteiger partial charge in [-0.3, -0.25) is 0 Å². The Morgan fingerprint density at radius 2 is 1.65 bits per heavy atom. The summed E-state index contributed by atoms with van der Waals surface area (Å²) in [6, 6.07) is 8.01. The average molecular weight is 333 g/mol. The van der Waals surface area contributed by atoms with Gasteiger partial charge in [-0.1, -0.05) is 40.9 Å². The van der Waals surface area contributed by atoms with Crippen LogP contribution in [0.25, 0.3) is 0 Å². The molecule has 0 amide bonds. The van der Waals surface area contributed by atoms with Gasteiger partial charge in [-0.05, 0) is 49.4 Å². The molecule has 0 aromatic heterocycles. The number of rotatable bonds is 3. The molecule has 0 heterocycles. The number of halogens is 4. The van der Waals surface area contributed by atoms with Gasteiger partial charge in [0.1, 0.15) is 5.82 Å². The molecule has 2 rings (SSSR count). The molecule has 2 aromatic carbocycles. The van der Waals surface area contributed by atoms with Gasteiger partial charge >= 0.3 is 0 Å². The Labute approximate surface area is 132 Å². The van der Waals surface area contributed by atoms with Crippen LogP contribution in [0.15, 0.2) is 30.3 Å². The molecule has 106 valence electrons. The first kappa shape index (κ1) is 15.6. The highest BCUT2D eigenvalue weighted by Gasteiger charge is 2.21. The van der Waals surface area contributed by atoms with Crippen molar-refractivity contribution in [2.45, 2.75) is 13.0 Å². The van der Waals surface area contributed by atoms with Gasteiger partial charge in [-0.25, -0.2) is 4.39 Å². The molecular formula is C15H13Cl3FN. The van der Waals surface area contributed by atoms with Crippen molar-refractivity contribution in [3.8, 4) is 0 Å². The maximum absolute atomic E-state index is 13.5. The summed E-state index contributed by atoms with van der Waals surface area (Å²) >= 11 is 18.6. The van der Waals surface area contributed by atoms with E-state index in [0.29, 0.717) is 20.6 Å². The van der Waals surface area contributed by atoms with E-state index >= 15 is 0 Å². The molecule has 20 heavy (non-hydrogen) atoms. The van der Waals surface area contributed by atoms with Crippen LogP contribution in [0.1, 0.15) is 22.7 Å². The van der Waals surface area contributed by atoms with Gasteiger partial charge in [-0.15, -0.1) is 0 Å². The molecule has 1 nitrogen and oxygen atoms in total. The lowest BCUT2D eigenvalue weighted by atomic mass is 9.97. The first-order chi connectivity index (χ1) is 9.45. The van der Waals surface area contributed by atoms with Crippen molar-refractivity contribution in [2.75, 3.05) is 7.05 Å². The van der Waals surface area contributed by atoms with Crippen LogP contribution in [0.2, 0.25) is 15.1 Å². The highest BCUT2D eigenvalue weighted by Crippen LogP contribution is 2.37. The maximum atomic E-state index is 13.5. The molecule has 0 saturated carbocycles. The molecule has 1 unspecified atom stereocenters. The Balaban J connectivity index is 2.62. The van der Waals surface area contributed by atoms with Crippen LogP contribution in [0, 0.1) is 12.7 Å². The second-order valence-electron chi connectivity index (χ2n) is 4.48. The fourth-order valence-electron chi connectivity index (χ4n) is 2.14. The molecule has 0 bridgehead atoms. The van der Waals surface area contributed by atoms with E-state index < -0.39 is 0 Å². The van der Waals surface area contributed by atoms with Crippen molar-refractivity contribution in [2.24, 2.45) is 0 Å². The van der Waals surface area contributed by atoms with Crippen molar-refractivity contribution in [3.05, 3.63) is 67.9 Å². The van der Waals surface area contributed by atoms with Crippen molar-refractivity contribution < 1.29 is 4.39 Å². The third-order valence-electron chi connectivity index (χ3n) is 3.17. The van der Waals surface area contributed by atoms with Gasteiger partial charge in [0.2, 0.25) is 0 Å². The van der Waals surface area contributed by atoms with Gasteiger partial charge in [0.05, 0.1) is 6.04 Å². The molecule has 0 aliphatic rings. The summed E-state index contributed by atoms with van der Waals surface area (Å²) in [5, 5.41) is 4.54. The average Bonchev–Trinajstić information content (AvgIpc) is 2.39. The fourth-order valence-corrected chi connectivity index (χ4v) is 3.02. The Morgan fingerprint density at radius 1 is 1.05 bits per heavy atom. The molecule has 2 aromatic rings. The van der Waals surface area contributed by atoms with E-state index in [9.17, 15) is 4.39 Å². The second kappa shape index (κ2) is 6.31. The summed E-state index contributed by atoms with van der Waals surface area (Å²) in [6.45, 7) is 1.69. The normalized spacial score (nSPS) is 12.5. The summed E-state index contributed by atoms with van der Waals surface area (Å²) in [5.74, 6) is -0.334. The first-order valence-corrected chi connectivity index (χ1v) is 7.15. The Morgan fingerprint density at radius 3 is 2.20 bits per heavy atom.